The molecule has 0 bridgehead atoms. The molecule has 172 valence electrons. The van der Waals surface area contributed by atoms with Crippen LogP contribution in [0, 0.1) is 10.8 Å². The van der Waals surface area contributed by atoms with Crippen molar-refractivity contribution in [1.29, 1.82) is 0 Å². The van der Waals surface area contributed by atoms with Gasteiger partial charge in [0.15, 0.2) is 11.6 Å². The number of ether oxygens (including phenoxy) is 2. The highest BCUT2D eigenvalue weighted by molar-refractivity contribution is 7.08. The standard InChI is InChI=1S/C11H16O2S.C6H6OS.C5H12O2.CH4/c1-10(2)7-12-11(3,13-8-10)9-4-5-14-6-9;1-5(7)6-2-3-8-4-6;1-5(2,3-6)4-7;/h4-6H,7-8H2,1-3H3;2-4H,1H3;6-7H,3-4H2,1-2H3;1H4. The van der Waals surface area contributed by atoms with Crippen molar-refractivity contribution in [3.05, 3.63) is 44.8 Å². The Hall–Kier alpha value is -1.09. The lowest BCUT2D eigenvalue weighted by molar-refractivity contribution is -0.297. The lowest BCUT2D eigenvalue weighted by Crippen LogP contribution is -2.43. The summed E-state index contributed by atoms with van der Waals surface area (Å²) < 4.78 is 11.6. The van der Waals surface area contributed by atoms with Crippen LogP contribution in [0.5, 0.6) is 0 Å². The molecule has 7 heteroatoms. The minimum Gasteiger partial charge on any atom is -0.396 e. The molecule has 2 N–H and O–H groups in total. The van der Waals surface area contributed by atoms with E-state index in [1.54, 1.807) is 43.4 Å². The third-order valence-electron chi connectivity index (χ3n) is 4.31. The summed E-state index contributed by atoms with van der Waals surface area (Å²) in [6, 6.07) is 3.88. The van der Waals surface area contributed by atoms with Gasteiger partial charge in [-0.3, -0.25) is 4.79 Å². The molecule has 0 aliphatic carbocycles. The molecule has 1 saturated heterocycles. The van der Waals surface area contributed by atoms with Crippen molar-refractivity contribution < 1.29 is 24.5 Å². The molecule has 3 heterocycles. The van der Waals surface area contributed by atoms with Crippen molar-refractivity contribution in [2.45, 2.75) is 54.8 Å². The number of hydrogen-bond donors (Lipinski definition) is 2. The van der Waals surface area contributed by atoms with Gasteiger partial charge in [-0.1, -0.05) is 35.1 Å². The van der Waals surface area contributed by atoms with E-state index in [2.05, 4.69) is 25.3 Å². The first-order valence-corrected chi connectivity index (χ1v) is 11.4. The fourth-order valence-corrected chi connectivity index (χ4v) is 3.39. The zero-order valence-corrected chi connectivity index (χ0v) is 19.9. The molecular weight excluding hydrogens is 420 g/mol. The normalized spacial score (nSPS) is 16.8. The molecule has 1 aliphatic heterocycles. The number of hydrogen-bond acceptors (Lipinski definition) is 7. The van der Waals surface area contributed by atoms with E-state index in [0.717, 1.165) is 24.3 Å². The zero-order chi connectivity index (χ0) is 22.1. The largest absolute Gasteiger partial charge is 0.396 e. The molecule has 3 rings (SSSR count). The Bertz CT molecular complexity index is 690. The number of Topliss-reactive ketones (excluding diaryl/α,β-unsaturated/α-hetero) is 1. The van der Waals surface area contributed by atoms with Crippen LogP contribution in [0.2, 0.25) is 0 Å². The monoisotopic (exact) mass is 458 g/mol. The number of rotatable bonds is 4. The first-order chi connectivity index (χ1) is 13.4. The van der Waals surface area contributed by atoms with Crippen LogP contribution in [0.15, 0.2) is 33.7 Å². The van der Waals surface area contributed by atoms with Crippen LogP contribution in [0.4, 0.5) is 0 Å². The Morgan fingerprint density at radius 1 is 1.03 bits per heavy atom. The molecule has 2 aromatic heterocycles. The van der Waals surface area contributed by atoms with Crippen molar-refractivity contribution in [2.24, 2.45) is 10.8 Å². The van der Waals surface area contributed by atoms with E-state index >= 15 is 0 Å². The van der Waals surface area contributed by atoms with Gasteiger partial charge in [-0.05, 0) is 42.1 Å². The van der Waals surface area contributed by atoms with Crippen LogP contribution >= 0.6 is 22.7 Å². The molecule has 2 aromatic rings. The van der Waals surface area contributed by atoms with Gasteiger partial charge in [-0.15, -0.1) is 0 Å². The van der Waals surface area contributed by atoms with E-state index in [9.17, 15) is 4.79 Å². The SMILES string of the molecule is C.CC(=O)c1ccsc1.CC(C)(CO)CO.CC1(C)COC(C)(c2ccsc2)OC1. The maximum atomic E-state index is 10.5. The van der Waals surface area contributed by atoms with E-state index in [-0.39, 0.29) is 37.3 Å². The lowest BCUT2D eigenvalue weighted by Gasteiger charge is -2.41. The molecule has 1 aliphatic rings. The fraction of sp³-hybridized carbons (Fsp3) is 0.609. The lowest BCUT2D eigenvalue weighted by atomic mass is 9.94. The van der Waals surface area contributed by atoms with E-state index in [4.69, 9.17) is 19.7 Å². The number of aliphatic hydroxyl groups is 2. The third-order valence-corrected chi connectivity index (χ3v) is 5.67. The molecule has 30 heavy (non-hydrogen) atoms. The number of aliphatic hydroxyl groups excluding tert-OH is 2. The highest BCUT2D eigenvalue weighted by Gasteiger charge is 2.38. The van der Waals surface area contributed by atoms with Gasteiger partial charge < -0.3 is 19.7 Å². The predicted octanol–water partition coefficient (Wildman–Crippen LogP) is 5.58. The van der Waals surface area contributed by atoms with Crippen LogP contribution in [0.3, 0.4) is 0 Å². The maximum Gasteiger partial charge on any atom is 0.192 e. The highest BCUT2D eigenvalue weighted by atomic mass is 32.1. The fourth-order valence-electron chi connectivity index (χ4n) is 1.95. The average Bonchev–Trinajstić information content (AvgIpc) is 3.40. The predicted molar refractivity (Wildman–Crippen MR) is 126 cm³/mol. The average molecular weight is 459 g/mol. The Kier molecular flexibility index (Phi) is 12.2. The van der Waals surface area contributed by atoms with Crippen LogP contribution < -0.4 is 0 Å². The number of ketones is 1. The Balaban J connectivity index is 0.000000453. The first-order valence-electron chi connectivity index (χ1n) is 9.50. The van der Waals surface area contributed by atoms with E-state index in [1.807, 2.05) is 29.1 Å². The smallest absolute Gasteiger partial charge is 0.192 e. The van der Waals surface area contributed by atoms with Gasteiger partial charge >= 0.3 is 0 Å². The zero-order valence-electron chi connectivity index (χ0n) is 18.2. The number of thiophene rings is 2. The molecule has 1 fully saturated rings. The maximum absolute atomic E-state index is 10.5. The molecular formula is C23H38O5S2. The Morgan fingerprint density at radius 2 is 1.53 bits per heavy atom. The number of carbonyl (C=O) groups excluding carboxylic acids is 1. The molecule has 0 saturated carbocycles. The van der Waals surface area contributed by atoms with Crippen LogP contribution in [-0.2, 0) is 15.3 Å². The second kappa shape index (κ2) is 12.7. The summed E-state index contributed by atoms with van der Waals surface area (Å²) in [6.45, 7) is 13.1. The molecule has 0 amide bonds. The third kappa shape index (κ3) is 9.81. The molecule has 0 unspecified atom stereocenters. The van der Waals surface area contributed by atoms with Gasteiger partial charge in [0.2, 0.25) is 0 Å². The van der Waals surface area contributed by atoms with Gasteiger partial charge in [0.25, 0.3) is 0 Å². The summed E-state index contributed by atoms with van der Waals surface area (Å²) >= 11 is 3.22. The minimum absolute atomic E-state index is 0. The second-order valence-electron chi connectivity index (χ2n) is 8.75. The molecule has 0 aromatic carbocycles. The van der Waals surface area contributed by atoms with Gasteiger partial charge in [-0.2, -0.15) is 22.7 Å². The molecule has 0 atom stereocenters. The molecule has 5 nitrogen and oxygen atoms in total. The number of carbonyl (C=O) groups is 1. The van der Waals surface area contributed by atoms with Crippen molar-refractivity contribution in [3.63, 3.8) is 0 Å². The summed E-state index contributed by atoms with van der Waals surface area (Å²) in [5, 5.41) is 24.7. The molecule has 0 spiro atoms. The van der Waals surface area contributed by atoms with Crippen molar-refractivity contribution in [2.75, 3.05) is 26.4 Å². The summed E-state index contributed by atoms with van der Waals surface area (Å²) in [6.07, 6.45) is 0. The van der Waals surface area contributed by atoms with Gasteiger partial charge in [-0.25, -0.2) is 0 Å². The Labute approximate surface area is 189 Å². The van der Waals surface area contributed by atoms with E-state index in [0.29, 0.717) is 0 Å². The van der Waals surface area contributed by atoms with Crippen molar-refractivity contribution in [1.82, 2.24) is 0 Å². The summed E-state index contributed by atoms with van der Waals surface area (Å²) in [5.41, 5.74) is 1.77. The summed E-state index contributed by atoms with van der Waals surface area (Å²) in [5.74, 6) is -0.388. The summed E-state index contributed by atoms with van der Waals surface area (Å²) in [4.78, 5) is 10.5. The van der Waals surface area contributed by atoms with Crippen LogP contribution in [0.1, 0.15) is 64.9 Å². The Morgan fingerprint density at radius 3 is 1.83 bits per heavy atom. The van der Waals surface area contributed by atoms with Gasteiger partial charge in [0, 0.05) is 27.3 Å². The van der Waals surface area contributed by atoms with Gasteiger partial charge in [0.05, 0.1) is 26.4 Å². The first kappa shape index (κ1) is 28.9. The van der Waals surface area contributed by atoms with Crippen molar-refractivity contribution in [3.8, 4) is 0 Å². The van der Waals surface area contributed by atoms with E-state index in [1.165, 1.54) is 0 Å². The van der Waals surface area contributed by atoms with E-state index < -0.39 is 5.79 Å². The van der Waals surface area contributed by atoms with Gasteiger partial charge in [0.1, 0.15) is 0 Å². The topological polar surface area (TPSA) is 76.0 Å². The van der Waals surface area contributed by atoms with Crippen LogP contribution in [-0.4, -0.2) is 42.4 Å². The van der Waals surface area contributed by atoms with Crippen LogP contribution in [0.25, 0.3) is 0 Å². The minimum atomic E-state index is -0.532. The van der Waals surface area contributed by atoms with Crippen molar-refractivity contribution >= 4 is 28.5 Å². The quantitative estimate of drug-likeness (QED) is 0.585. The summed E-state index contributed by atoms with van der Waals surface area (Å²) in [7, 11) is 0. The second-order valence-corrected chi connectivity index (χ2v) is 10.3. The molecule has 0 radical (unpaired) electrons. The highest BCUT2D eigenvalue weighted by Crippen LogP contribution is 2.36.